The van der Waals surface area contributed by atoms with E-state index < -0.39 is 10.8 Å². The third kappa shape index (κ3) is 5.67. The van der Waals surface area contributed by atoms with Crippen LogP contribution in [-0.4, -0.2) is 41.1 Å². The molecular weight excluding hydrogens is 416 g/mol. The molecule has 0 aliphatic heterocycles. The lowest BCUT2D eigenvalue weighted by Gasteiger charge is -2.34. The highest BCUT2D eigenvalue weighted by Gasteiger charge is 2.28. The van der Waals surface area contributed by atoms with Gasteiger partial charge in [0, 0.05) is 22.4 Å². The van der Waals surface area contributed by atoms with Gasteiger partial charge in [-0.3, -0.25) is 9.00 Å². The molecule has 1 aliphatic carbocycles. The van der Waals surface area contributed by atoms with Crippen molar-refractivity contribution in [1.82, 2.24) is 10.3 Å². The molecule has 1 N–H and O–H groups in total. The van der Waals surface area contributed by atoms with Crippen molar-refractivity contribution in [2.45, 2.75) is 51.8 Å². The number of methoxy groups -OCH3 is 2. The van der Waals surface area contributed by atoms with E-state index in [9.17, 15) is 9.00 Å². The number of hydrogen-bond acceptors (Lipinski definition) is 6. The van der Waals surface area contributed by atoms with Crippen LogP contribution < -0.4 is 14.8 Å². The van der Waals surface area contributed by atoms with E-state index in [4.69, 9.17) is 13.9 Å². The minimum atomic E-state index is -1.37. The number of ether oxygens (including phenoxy) is 2. The summed E-state index contributed by atoms with van der Waals surface area (Å²) in [4.78, 5) is 16.9. The Hall–Kier alpha value is -2.35. The second-order valence-electron chi connectivity index (χ2n) is 8.26. The maximum Gasteiger partial charge on any atom is 0.232 e. The van der Waals surface area contributed by atoms with Gasteiger partial charge in [-0.1, -0.05) is 26.7 Å². The summed E-state index contributed by atoms with van der Waals surface area (Å²) in [5.41, 5.74) is 1.33. The van der Waals surface area contributed by atoms with Crippen LogP contribution in [0.25, 0.3) is 11.5 Å². The molecule has 1 fully saturated rings. The molecule has 1 aromatic carbocycles. The fraction of sp³-hybridized carbons (Fsp3) is 0.565. The van der Waals surface area contributed by atoms with Gasteiger partial charge in [0.2, 0.25) is 11.8 Å². The highest BCUT2D eigenvalue weighted by Crippen LogP contribution is 2.33. The summed E-state index contributed by atoms with van der Waals surface area (Å²) >= 11 is 0. The quantitative estimate of drug-likeness (QED) is 0.660. The van der Waals surface area contributed by atoms with E-state index in [1.165, 1.54) is 6.42 Å². The Morgan fingerprint density at radius 1 is 1.23 bits per heavy atom. The maximum atomic E-state index is 12.6. The Labute approximate surface area is 186 Å². The van der Waals surface area contributed by atoms with Crippen LogP contribution in [0.2, 0.25) is 0 Å². The van der Waals surface area contributed by atoms with Gasteiger partial charge in [0.15, 0.2) is 11.5 Å². The number of amides is 1. The average Bonchev–Trinajstić information content (AvgIpc) is 3.10. The largest absolute Gasteiger partial charge is 0.493 e. The van der Waals surface area contributed by atoms with Gasteiger partial charge in [0.25, 0.3) is 0 Å². The third-order valence-corrected chi connectivity index (χ3v) is 7.35. The van der Waals surface area contributed by atoms with Crippen LogP contribution in [0.15, 0.2) is 22.6 Å². The molecule has 3 rings (SSSR count). The van der Waals surface area contributed by atoms with E-state index >= 15 is 0 Å². The maximum absolute atomic E-state index is 12.6. The first-order valence-corrected chi connectivity index (χ1v) is 12.1. The number of nitrogens with zero attached hydrogens (tertiary/aromatic N) is 1. The summed E-state index contributed by atoms with van der Waals surface area (Å²) in [5.74, 6) is 3.21. The molecular formula is C23H32N2O5S. The zero-order chi connectivity index (χ0) is 22.5. The van der Waals surface area contributed by atoms with Crippen molar-refractivity contribution in [2.75, 3.05) is 20.0 Å². The number of hydrogen-bond donors (Lipinski definition) is 1. The molecule has 1 aromatic heterocycles. The van der Waals surface area contributed by atoms with Crippen molar-refractivity contribution >= 4 is 16.7 Å². The van der Waals surface area contributed by atoms with Crippen LogP contribution >= 0.6 is 0 Å². The predicted molar refractivity (Wildman–Crippen MR) is 121 cm³/mol. The van der Waals surface area contributed by atoms with Crippen LogP contribution in [0.5, 0.6) is 11.5 Å². The summed E-state index contributed by atoms with van der Waals surface area (Å²) in [6.07, 6.45) is 3.31. The van der Waals surface area contributed by atoms with E-state index in [-0.39, 0.29) is 23.5 Å². The van der Waals surface area contributed by atoms with Crippen molar-refractivity contribution in [2.24, 2.45) is 11.8 Å². The van der Waals surface area contributed by atoms with Crippen LogP contribution in [0, 0.1) is 18.8 Å². The van der Waals surface area contributed by atoms with Crippen LogP contribution in [-0.2, 0) is 21.3 Å². The van der Waals surface area contributed by atoms with Crippen LogP contribution in [0.3, 0.4) is 0 Å². The number of rotatable bonds is 8. The fourth-order valence-corrected chi connectivity index (χ4v) is 5.09. The molecule has 4 atom stereocenters. The number of benzene rings is 1. The van der Waals surface area contributed by atoms with E-state index in [0.717, 1.165) is 18.4 Å². The average molecular weight is 449 g/mol. The van der Waals surface area contributed by atoms with Gasteiger partial charge in [0.05, 0.1) is 25.7 Å². The summed E-state index contributed by atoms with van der Waals surface area (Å²) in [5, 5.41) is 3.08. The molecule has 7 nitrogen and oxygen atoms in total. The number of carbonyl (C=O) groups is 1. The zero-order valence-corrected chi connectivity index (χ0v) is 19.7. The molecule has 0 radical (unpaired) electrons. The topological polar surface area (TPSA) is 90.7 Å². The number of carbonyl (C=O) groups excluding carboxylic acids is 1. The molecule has 1 heterocycles. The molecule has 170 valence electrons. The lowest BCUT2D eigenvalue weighted by atomic mass is 9.78. The Bertz CT molecular complexity index is 942. The van der Waals surface area contributed by atoms with Crippen molar-refractivity contribution in [3.63, 3.8) is 0 Å². The Kier molecular flexibility index (Phi) is 7.75. The first-order chi connectivity index (χ1) is 14.8. The Morgan fingerprint density at radius 3 is 2.68 bits per heavy atom. The van der Waals surface area contributed by atoms with Crippen molar-refractivity contribution in [3.05, 3.63) is 29.7 Å². The van der Waals surface area contributed by atoms with E-state index in [2.05, 4.69) is 24.1 Å². The standard InChI is InChI=1S/C23H32N2O5S/c1-14-7-6-8-18(15(14)2)24-22(26)13-31(27)12-19-16(3)30-23(25-19)17-9-10-20(28-4)21(11-17)29-5/h9-11,14-15,18H,6-8,12-13H2,1-5H3,(H,24,26)/t14-,15-,18+,31+/m0/s1. The molecule has 31 heavy (non-hydrogen) atoms. The number of aromatic nitrogens is 1. The molecule has 1 saturated carbocycles. The molecule has 8 heteroatoms. The monoisotopic (exact) mass is 448 g/mol. The van der Waals surface area contributed by atoms with Gasteiger partial charge in [-0.05, 0) is 43.4 Å². The number of aryl methyl sites for hydroxylation is 1. The van der Waals surface area contributed by atoms with Crippen molar-refractivity contribution < 1.29 is 22.9 Å². The SMILES string of the molecule is COc1ccc(-c2nc(C[S@@](=O)CC(=O)N[C@@H]3CCC[C@H](C)[C@@H]3C)c(C)o2)cc1OC. The number of oxazole rings is 1. The van der Waals surface area contributed by atoms with Gasteiger partial charge in [-0.25, -0.2) is 4.98 Å². The molecule has 0 bridgehead atoms. The fourth-order valence-electron chi connectivity index (χ4n) is 4.04. The molecule has 1 aliphatic rings. The van der Waals surface area contributed by atoms with E-state index in [0.29, 0.717) is 40.7 Å². The normalized spacial score (nSPS) is 22.0. The van der Waals surface area contributed by atoms with Gasteiger partial charge >= 0.3 is 0 Å². The molecule has 1 amide bonds. The molecule has 0 saturated heterocycles. The van der Waals surface area contributed by atoms with Gasteiger partial charge < -0.3 is 19.2 Å². The summed E-state index contributed by atoms with van der Waals surface area (Å²) < 4.78 is 29.0. The minimum Gasteiger partial charge on any atom is -0.493 e. The third-order valence-electron chi connectivity index (χ3n) is 6.17. The van der Waals surface area contributed by atoms with Crippen molar-refractivity contribution in [3.8, 4) is 23.0 Å². The number of nitrogens with one attached hydrogen (secondary N) is 1. The summed E-state index contributed by atoms with van der Waals surface area (Å²) in [7, 11) is 1.77. The second-order valence-corrected chi connectivity index (χ2v) is 9.72. The van der Waals surface area contributed by atoms with Gasteiger partial charge in [-0.15, -0.1) is 0 Å². The zero-order valence-electron chi connectivity index (χ0n) is 18.9. The summed E-state index contributed by atoms with van der Waals surface area (Å²) in [6.45, 7) is 6.19. The van der Waals surface area contributed by atoms with E-state index in [1.807, 2.05) is 6.07 Å². The lowest BCUT2D eigenvalue weighted by Crippen LogP contribution is -2.45. The molecule has 0 spiro atoms. The molecule has 2 aromatic rings. The Balaban J connectivity index is 1.62. The molecule has 0 unspecified atom stereocenters. The highest BCUT2D eigenvalue weighted by molar-refractivity contribution is 7.84. The first kappa shape index (κ1) is 23.3. The smallest absolute Gasteiger partial charge is 0.232 e. The van der Waals surface area contributed by atoms with Crippen molar-refractivity contribution in [1.29, 1.82) is 0 Å². The lowest BCUT2D eigenvalue weighted by molar-refractivity contribution is -0.120. The van der Waals surface area contributed by atoms with Crippen LogP contribution in [0.4, 0.5) is 0 Å². The summed E-state index contributed by atoms with van der Waals surface area (Å²) in [6, 6.07) is 5.56. The first-order valence-electron chi connectivity index (χ1n) is 10.7. The second kappa shape index (κ2) is 10.3. The minimum absolute atomic E-state index is 0.0321. The highest BCUT2D eigenvalue weighted by atomic mass is 32.2. The Morgan fingerprint density at radius 2 is 1.97 bits per heavy atom. The van der Waals surface area contributed by atoms with Crippen LogP contribution in [0.1, 0.15) is 44.6 Å². The van der Waals surface area contributed by atoms with E-state index in [1.54, 1.807) is 33.3 Å². The van der Waals surface area contributed by atoms with Gasteiger partial charge in [0.1, 0.15) is 11.5 Å². The van der Waals surface area contributed by atoms with Gasteiger partial charge in [-0.2, -0.15) is 0 Å². The predicted octanol–water partition coefficient (Wildman–Crippen LogP) is 3.86.